The number of phenolic OH excluding ortho intramolecular Hbond substituents is 1. The molecule has 6 aliphatic rings. The molecule has 3 aliphatic carbocycles. The van der Waals surface area contributed by atoms with Gasteiger partial charge in [-0.3, -0.25) is 38.7 Å². The van der Waals surface area contributed by atoms with Crippen LogP contribution in [0.5, 0.6) is 11.5 Å². The number of ketones is 2. The summed E-state index contributed by atoms with van der Waals surface area (Å²) in [5.74, 6) is -8.62. The molecular formula is C45H56N6O14S. The third-order valence-electron chi connectivity index (χ3n) is 13.5. The van der Waals surface area contributed by atoms with Gasteiger partial charge in [-0.25, -0.2) is 4.79 Å². The monoisotopic (exact) mass is 936 g/mol. The minimum atomic E-state index is -2.76. The standard InChI is InChI=1S/C29H38N4O9.C16H18N2O5S/c1-28(41)15-5-4-6-18(35)19(15)23(36)20-16(28)13-17-22(31(2)3)24(37)21(26(39)29(17,42)25(20)38)27(40)30-14-33-9-7-32(8-10-33)11-12-34;1-16(2)12(15(21)22)18-13(20)11(14(18)24-16)17-10(19)8-23-9-6-4-3-5-7-9/h4-6,16-17,22,34-35,37-38,41-42H,7-14H2,1-3H3,(H,30,40);3-7,11-12,14H,8H2,1-2H3,(H,17,19)(H,21,22)/t16-,17-,22-,28+,29-;11-,12+,14-/m01/s1. The van der Waals surface area contributed by atoms with E-state index in [-0.39, 0.29) is 48.7 Å². The van der Waals surface area contributed by atoms with Crippen LogP contribution < -0.4 is 15.4 Å². The molecule has 0 unspecified atom stereocenters. The Labute approximate surface area is 384 Å². The van der Waals surface area contributed by atoms with Crippen LogP contribution in [-0.4, -0.2) is 191 Å². The van der Waals surface area contributed by atoms with E-state index in [9.17, 15) is 59.4 Å². The molecule has 3 fully saturated rings. The Hall–Kier alpha value is -5.55. The number of β-amino-alcohol motifs (C(OH)–C–C–N with tert-alkyl or cyclic N) is 1. The minimum Gasteiger partial charge on any atom is -0.510 e. The number of likely N-dealkylation sites (N-methyl/N-ethyl adjacent to an activating group) is 1. The highest BCUT2D eigenvalue weighted by Crippen LogP contribution is 2.57. The number of aliphatic hydroxyl groups is 5. The number of aliphatic hydroxyl groups excluding tert-OH is 3. The van der Waals surface area contributed by atoms with E-state index in [1.807, 2.05) is 11.0 Å². The summed E-state index contributed by atoms with van der Waals surface area (Å²) in [5.41, 5.74) is -5.80. The van der Waals surface area contributed by atoms with E-state index in [2.05, 4.69) is 15.5 Å². The third-order valence-corrected chi connectivity index (χ3v) is 15.0. The summed E-state index contributed by atoms with van der Waals surface area (Å²) in [5, 5.41) is 80.4. The van der Waals surface area contributed by atoms with Crippen molar-refractivity contribution in [3.8, 4) is 11.5 Å². The van der Waals surface area contributed by atoms with Crippen LogP contribution in [0.25, 0.3) is 0 Å². The van der Waals surface area contributed by atoms with Crippen LogP contribution in [0.15, 0.2) is 71.2 Å². The molecule has 20 nitrogen and oxygen atoms in total. The Morgan fingerprint density at radius 3 is 2.20 bits per heavy atom. The Bertz CT molecular complexity index is 2370. The molecule has 356 valence electrons. The molecule has 3 saturated heterocycles. The number of β-lactam (4-membered cyclic amide) rings is 1. The summed E-state index contributed by atoms with van der Waals surface area (Å²) >= 11 is 1.39. The molecule has 21 heteroatoms. The third kappa shape index (κ3) is 8.30. The number of amides is 3. The number of nitrogens with zero attached hydrogens (tertiary/aromatic N) is 4. The number of Topliss-reactive ketones (excluding diaryl/α,β-unsaturated/α-hetero) is 2. The maximum atomic E-state index is 13.9. The second-order valence-corrected chi connectivity index (χ2v) is 20.0. The first-order valence-electron chi connectivity index (χ1n) is 21.5. The Balaban J connectivity index is 0.000000228. The number of para-hydroxylation sites is 1. The van der Waals surface area contributed by atoms with Gasteiger partial charge in [-0.05, 0) is 65.0 Å². The SMILES string of the molecule is CC1(C)S[C@@H]2[C@H](NC(=O)COc3ccccc3)C(=O)N2[C@H]1C(=O)O.CN(C)[C@@H]1C(O)=C(C(=O)NCN2CCN(CCO)CC2)C(=O)[C@@]2(O)C(O)=C3C(=O)c4c(O)cccc4[C@@](C)(O)[C@H]3C[C@@H]12. The minimum absolute atomic E-state index is 0.0454. The number of fused-ring (bicyclic) bond motifs is 4. The molecule has 0 radical (unpaired) electrons. The second-order valence-electron chi connectivity index (χ2n) is 18.2. The fourth-order valence-electron chi connectivity index (χ4n) is 10.1. The van der Waals surface area contributed by atoms with Crippen molar-refractivity contribution < 1.29 is 69.2 Å². The molecule has 0 spiro atoms. The molecular weight excluding hydrogens is 881 g/mol. The molecule has 0 aromatic heterocycles. The van der Waals surface area contributed by atoms with Gasteiger partial charge in [-0.1, -0.05) is 30.3 Å². The van der Waals surface area contributed by atoms with Crippen molar-refractivity contribution in [3.63, 3.8) is 0 Å². The van der Waals surface area contributed by atoms with Crippen molar-refractivity contribution in [2.75, 3.05) is 66.7 Å². The number of carboxylic acid groups (broad SMARTS) is 1. The van der Waals surface area contributed by atoms with Crippen molar-refractivity contribution in [1.82, 2.24) is 30.2 Å². The van der Waals surface area contributed by atoms with Gasteiger partial charge in [0.1, 0.15) is 46.0 Å². The summed E-state index contributed by atoms with van der Waals surface area (Å²) in [6, 6.07) is 10.4. The number of aliphatic carboxylic acids is 1. The van der Waals surface area contributed by atoms with Crippen LogP contribution in [0.1, 0.15) is 43.1 Å². The maximum absolute atomic E-state index is 13.9. The number of nitrogens with one attached hydrogen (secondary N) is 2. The quantitative estimate of drug-likeness (QED) is 0.103. The van der Waals surface area contributed by atoms with Crippen molar-refractivity contribution in [3.05, 3.63) is 82.3 Å². The lowest BCUT2D eigenvalue weighted by Crippen LogP contribution is -2.70. The number of piperazine rings is 1. The number of phenols is 1. The molecule has 3 amide bonds. The van der Waals surface area contributed by atoms with E-state index in [1.165, 1.54) is 46.7 Å². The second kappa shape index (κ2) is 18.3. The lowest BCUT2D eigenvalue weighted by molar-refractivity contribution is -0.161. The lowest BCUT2D eigenvalue weighted by atomic mass is 9.55. The van der Waals surface area contributed by atoms with Gasteiger partial charge in [0.15, 0.2) is 18.0 Å². The highest BCUT2D eigenvalue weighted by atomic mass is 32.2. The number of rotatable bonds is 11. The zero-order valence-electron chi connectivity index (χ0n) is 37.1. The van der Waals surface area contributed by atoms with Gasteiger partial charge in [0, 0.05) is 54.9 Å². The Morgan fingerprint density at radius 1 is 0.924 bits per heavy atom. The van der Waals surface area contributed by atoms with Crippen LogP contribution >= 0.6 is 11.8 Å². The van der Waals surface area contributed by atoms with Gasteiger partial charge < -0.3 is 56.0 Å². The number of ether oxygens (including phenoxy) is 1. The van der Waals surface area contributed by atoms with E-state index < -0.39 is 104 Å². The number of hydrogen-bond donors (Lipinski definition) is 9. The fraction of sp³-hybridized carbons (Fsp3) is 0.511. The van der Waals surface area contributed by atoms with E-state index in [1.54, 1.807) is 52.2 Å². The van der Waals surface area contributed by atoms with E-state index in [0.29, 0.717) is 38.5 Å². The van der Waals surface area contributed by atoms with Gasteiger partial charge in [-0.15, -0.1) is 11.8 Å². The molecule has 8 atom stereocenters. The molecule has 0 saturated carbocycles. The number of carboxylic acids is 1. The number of carbonyl (C=O) groups is 6. The first kappa shape index (κ1) is 48.4. The Morgan fingerprint density at radius 2 is 1.58 bits per heavy atom. The smallest absolute Gasteiger partial charge is 0.327 e. The van der Waals surface area contributed by atoms with Gasteiger partial charge in [-0.2, -0.15) is 0 Å². The summed E-state index contributed by atoms with van der Waals surface area (Å²) in [6.45, 7) is 7.99. The van der Waals surface area contributed by atoms with Crippen molar-refractivity contribution >= 4 is 47.0 Å². The fourth-order valence-corrected chi connectivity index (χ4v) is 11.7. The van der Waals surface area contributed by atoms with Crippen molar-refractivity contribution in [2.24, 2.45) is 11.8 Å². The number of hydrogen-bond acceptors (Lipinski definition) is 17. The van der Waals surface area contributed by atoms with Gasteiger partial charge >= 0.3 is 5.97 Å². The highest BCUT2D eigenvalue weighted by molar-refractivity contribution is 8.01. The first-order valence-corrected chi connectivity index (χ1v) is 22.4. The molecule has 9 N–H and O–H groups in total. The predicted octanol–water partition coefficient (Wildman–Crippen LogP) is -0.319. The zero-order valence-corrected chi connectivity index (χ0v) is 37.9. The largest absolute Gasteiger partial charge is 0.510 e. The average molecular weight is 937 g/mol. The van der Waals surface area contributed by atoms with Crippen LogP contribution in [0.2, 0.25) is 0 Å². The molecule has 3 heterocycles. The number of aromatic hydroxyl groups is 1. The molecule has 66 heavy (non-hydrogen) atoms. The van der Waals surface area contributed by atoms with Crippen molar-refractivity contribution in [2.45, 2.75) is 66.6 Å². The molecule has 3 aliphatic heterocycles. The topological polar surface area (TPSA) is 290 Å². The molecule has 2 aromatic rings. The maximum Gasteiger partial charge on any atom is 0.327 e. The summed E-state index contributed by atoms with van der Waals surface area (Å²) in [4.78, 5) is 83.5. The van der Waals surface area contributed by atoms with Gasteiger partial charge in [0.05, 0.1) is 30.5 Å². The highest BCUT2D eigenvalue weighted by Gasteiger charge is 2.66. The molecule has 8 rings (SSSR count). The first-order chi connectivity index (χ1) is 31.1. The summed E-state index contributed by atoms with van der Waals surface area (Å²) < 4.78 is 4.74. The van der Waals surface area contributed by atoms with Crippen LogP contribution in [-0.2, 0) is 29.6 Å². The van der Waals surface area contributed by atoms with E-state index >= 15 is 0 Å². The van der Waals surface area contributed by atoms with E-state index in [4.69, 9.17) is 9.84 Å². The predicted molar refractivity (Wildman–Crippen MR) is 236 cm³/mol. The van der Waals surface area contributed by atoms with Gasteiger partial charge in [0.25, 0.3) is 11.8 Å². The van der Waals surface area contributed by atoms with Gasteiger partial charge in [0.2, 0.25) is 11.7 Å². The van der Waals surface area contributed by atoms with Crippen LogP contribution in [0.3, 0.4) is 0 Å². The molecule has 0 bridgehead atoms. The molecule has 2 aromatic carbocycles. The normalized spacial score (nSPS) is 30.3. The van der Waals surface area contributed by atoms with Crippen LogP contribution in [0.4, 0.5) is 0 Å². The van der Waals surface area contributed by atoms with Crippen LogP contribution in [0, 0.1) is 11.8 Å². The average Bonchev–Trinajstić information content (AvgIpc) is 3.53. The number of thioether (sulfide) groups is 1. The summed E-state index contributed by atoms with van der Waals surface area (Å²) in [7, 11) is 3.15. The number of carbonyl (C=O) groups excluding carboxylic acids is 5. The van der Waals surface area contributed by atoms with Crippen molar-refractivity contribution in [1.29, 1.82) is 0 Å². The van der Waals surface area contributed by atoms with E-state index in [0.717, 1.165) is 0 Å². The lowest BCUT2D eigenvalue weighted by Gasteiger charge is -2.52. The zero-order chi connectivity index (χ0) is 48.2. The Kier molecular flexibility index (Phi) is 13.4. The summed E-state index contributed by atoms with van der Waals surface area (Å²) in [6.07, 6.45) is -0.199. The number of benzene rings is 2.